The molecule has 1 N–H and O–H groups in total. The number of hydrogen-bond donors (Lipinski definition) is 1. The van der Waals surface area contributed by atoms with Crippen molar-refractivity contribution in [3.05, 3.63) is 48.1 Å². The second kappa shape index (κ2) is 3.34. The van der Waals surface area contributed by atoms with E-state index >= 15 is 0 Å². The maximum absolute atomic E-state index is 9.10. The van der Waals surface area contributed by atoms with Gasteiger partial charge in [0.05, 0.1) is 11.6 Å². The molecule has 4 heteroatoms. The molecule has 0 unspecified atom stereocenters. The summed E-state index contributed by atoms with van der Waals surface area (Å²) in [7, 11) is 0. The number of pyridine rings is 1. The van der Waals surface area contributed by atoms with Gasteiger partial charge in [-0.3, -0.25) is 4.98 Å². The first kappa shape index (κ1) is 8.91. The SMILES string of the molecule is ON=c1c2ccccc2oc2cnccc12. The third kappa shape index (κ3) is 1.16. The third-order valence-corrected chi connectivity index (χ3v) is 2.50. The van der Waals surface area contributed by atoms with Crippen LogP contribution in [0.3, 0.4) is 0 Å². The Bertz CT molecular complexity index is 674. The van der Waals surface area contributed by atoms with Crippen molar-refractivity contribution in [1.29, 1.82) is 0 Å². The molecule has 3 aromatic rings. The van der Waals surface area contributed by atoms with Crippen LogP contribution in [0, 0.1) is 0 Å². The highest BCUT2D eigenvalue weighted by Gasteiger charge is 2.04. The van der Waals surface area contributed by atoms with Gasteiger partial charge >= 0.3 is 0 Å². The molecule has 0 aliphatic rings. The van der Waals surface area contributed by atoms with E-state index in [0.29, 0.717) is 16.5 Å². The molecule has 0 radical (unpaired) electrons. The van der Waals surface area contributed by atoms with E-state index < -0.39 is 0 Å². The smallest absolute Gasteiger partial charge is 0.155 e. The molecule has 0 atom stereocenters. The van der Waals surface area contributed by atoms with Crippen LogP contribution in [-0.2, 0) is 0 Å². The van der Waals surface area contributed by atoms with E-state index in [9.17, 15) is 0 Å². The van der Waals surface area contributed by atoms with Crippen LogP contribution >= 0.6 is 0 Å². The minimum atomic E-state index is 0.513. The Labute approximate surface area is 90.5 Å². The molecule has 0 saturated carbocycles. The number of nitrogens with zero attached hydrogens (tertiary/aromatic N) is 2. The first-order valence-electron chi connectivity index (χ1n) is 4.84. The Balaban J connectivity index is 2.68. The summed E-state index contributed by atoms with van der Waals surface area (Å²) in [5.74, 6) is 0. The molecule has 1 aromatic carbocycles. The largest absolute Gasteiger partial charge is 0.454 e. The van der Waals surface area contributed by atoms with Gasteiger partial charge in [-0.1, -0.05) is 17.3 Å². The van der Waals surface area contributed by atoms with Gasteiger partial charge in [-0.05, 0) is 18.2 Å². The fraction of sp³-hybridized carbons (Fsp3) is 0. The molecule has 78 valence electrons. The molecule has 0 fully saturated rings. The van der Waals surface area contributed by atoms with Crippen LogP contribution in [0.1, 0.15) is 0 Å². The molecule has 3 rings (SSSR count). The van der Waals surface area contributed by atoms with Gasteiger partial charge < -0.3 is 9.62 Å². The van der Waals surface area contributed by atoms with E-state index in [1.54, 1.807) is 18.5 Å². The molecule has 2 aromatic heterocycles. The molecule has 2 heterocycles. The quantitative estimate of drug-likeness (QED) is 0.353. The Hall–Kier alpha value is -2.36. The average molecular weight is 212 g/mol. The first-order chi connectivity index (χ1) is 7.90. The minimum Gasteiger partial charge on any atom is -0.454 e. The number of hydrogen-bond acceptors (Lipinski definition) is 4. The number of para-hydroxylation sites is 1. The lowest BCUT2D eigenvalue weighted by Crippen LogP contribution is -2.04. The second-order valence-electron chi connectivity index (χ2n) is 3.42. The second-order valence-corrected chi connectivity index (χ2v) is 3.42. The molecule has 4 nitrogen and oxygen atoms in total. The number of benzene rings is 1. The van der Waals surface area contributed by atoms with Crippen molar-refractivity contribution in [1.82, 2.24) is 4.98 Å². The maximum Gasteiger partial charge on any atom is 0.155 e. The van der Waals surface area contributed by atoms with Crippen LogP contribution < -0.4 is 5.36 Å². The minimum absolute atomic E-state index is 0.513. The maximum atomic E-state index is 9.10. The lowest BCUT2D eigenvalue weighted by atomic mass is 10.1. The molecule has 0 spiro atoms. The molecule has 0 aliphatic carbocycles. The summed E-state index contributed by atoms with van der Waals surface area (Å²) >= 11 is 0. The van der Waals surface area contributed by atoms with Gasteiger partial charge in [0.25, 0.3) is 0 Å². The van der Waals surface area contributed by atoms with Crippen LogP contribution in [0.25, 0.3) is 21.9 Å². The average Bonchev–Trinajstić information content (AvgIpc) is 2.36. The summed E-state index contributed by atoms with van der Waals surface area (Å²) in [5.41, 5.74) is 1.28. The monoisotopic (exact) mass is 212 g/mol. The molecule has 0 bridgehead atoms. The van der Waals surface area contributed by atoms with Gasteiger partial charge in [-0.2, -0.15) is 0 Å². The van der Waals surface area contributed by atoms with Gasteiger partial charge in [0.2, 0.25) is 0 Å². The Kier molecular flexibility index (Phi) is 1.86. The molecule has 0 amide bonds. The fourth-order valence-electron chi connectivity index (χ4n) is 1.78. The Morgan fingerprint density at radius 1 is 1.06 bits per heavy atom. The van der Waals surface area contributed by atoms with Gasteiger partial charge in [-0.15, -0.1) is 0 Å². The van der Waals surface area contributed by atoms with E-state index in [-0.39, 0.29) is 0 Å². The topological polar surface area (TPSA) is 58.6 Å². The highest BCUT2D eigenvalue weighted by atomic mass is 16.4. The van der Waals surface area contributed by atoms with Crippen LogP contribution in [0.15, 0.2) is 52.3 Å². The molecule has 0 saturated heterocycles. The molecular weight excluding hydrogens is 204 g/mol. The van der Waals surface area contributed by atoms with E-state index in [1.165, 1.54) is 0 Å². The third-order valence-electron chi connectivity index (χ3n) is 2.50. The van der Waals surface area contributed by atoms with Gasteiger partial charge in [0.15, 0.2) is 5.58 Å². The zero-order chi connectivity index (χ0) is 11.0. The van der Waals surface area contributed by atoms with Gasteiger partial charge in [0.1, 0.15) is 10.9 Å². The van der Waals surface area contributed by atoms with Crippen molar-refractivity contribution in [2.45, 2.75) is 0 Å². The van der Waals surface area contributed by atoms with Crippen molar-refractivity contribution in [2.75, 3.05) is 0 Å². The van der Waals surface area contributed by atoms with Gasteiger partial charge in [0, 0.05) is 11.6 Å². The fourth-order valence-corrected chi connectivity index (χ4v) is 1.78. The van der Waals surface area contributed by atoms with Crippen LogP contribution in [0.2, 0.25) is 0 Å². The summed E-state index contributed by atoms with van der Waals surface area (Å²) in [4.78, 5) is 3.98. The summed E-state index contributed by atoms with van der Waals surface area (Å²) in [6, 6.07) is 9.19. The van der Waals surface area contributed by atoms with E-state index in [4.69, 9.17) is 9.62 Å². The van der Waals surface area contributed by atoms with Crippen molar-refractivity contribution in [2.24, 2.45) is 5.16 Å². The molecule has 0 aliphatic heterocycles. The predicted octanol–water partition coefficient (Wildman–Crippen LogP) is 2.27. The van der Waals surface area contributed by atoms with Crippen molar-refractivity contribution in [3.63, 3.8) is 0 Å². The molecule has 16 heavy (non-hydrogen) atoms. The predicted molar refractivity (Wildman–Crippen MR) is 58.9 cm³/mol. The number of fused-ring (bicyclic) bond motifs is 2. The van der Waals surface area contributed by atoms with Crippen LogP contribution in [-0.4, -0.2) is 10.2 Å². The summed E-state index contributed by atoms with van der Waals surface area (Å²) in [5, 5.41) is 14.5. The van der Waals surface area contributed by atoms with Gasteiger partial charge in [-0.25, -0.2) is 0 Å². The number of rotatable bonds is 0. The van der Waals surface area contributed by atoms with Crippen molar-refractivity contribution >= 4 is 21.9 Å². The zero-order valence-electron chi connectivity index (χ0n) is 8.29. The van der Waals surface area contributed by atoms with Crippen molar-refractivity contribution < 1.29 is 9.62 Å². The lowest BCUT2D eigenvalue weighted by Gasteiger charge is -2.01. The molecular formula is C12H8N2O2. The van der Waals surface area contributed by atoms with Crippen LogP contribution in [0.4, 0.5) is 0 Å². The zero-order valence-corrected chi connectivity index (χ0v) is 8.29. The van der Waals surface area contributed by atoms with Crippen molar-refractivity contribution in [3.8, 4) is 0 Å². The highest BCUT2D eigenvalue weighted by Crippen LogP contribution is 2.16. The summed E-state index contributed by atoms with van der Waals surface area (Å²) in [6.07, 6.45) is 3.25. The Morgan fingerprint density at radius 2 is 1.88 bits per heavy atom. The van der Waals surface area contributed by atoms with E-state index in [2.05, 4.69) is 10.1 Å². The standard InChI is InChI=1S/C12H8N2O2/c15-14-12-8-3-1-2-4-10(8)16-11-7-13-6-5-9(11)12/h1-7,15H. The highest BCUT2D eigenvalue weighted by molar-refractivity contribution is 5.88. The van der Waals surface area contributed by atoms with E-state index in [1.807, 2.05) is 24.3 Å². The Morgan fingerprint density at radius 3 is 2.75 bits per heavy atom. The number of aromatic nitrogens is 1. The van der Waals surface area contributed by atoms with Crippen LogP contribution in [0.5, 0.6) is 0 Å². The normalized spacial score (nSPS) is 12.4. The summed E-state index contributed by atoms with van der Waals surface area (Å²) < 4.78 is 5.66. The van der Waals surface area contributed by atoms with E-state index in [0.717, 1.165) is 10.8 Å². The summed E-state index contributed by atoms with van der Waals surface area (Å²) in [6.45, 7) is 0. The lowest BCUT2D eigenvalue weighted by molar-refractivity contribution is 0.303. The first-order valence-corrected chi connectivity index (χ1v) is 4.84.